The second kappa shape index (κ2) is 14.6. The number of alkyl halides is 1. The van der Waals surface area contributed by atoms with E-state index in [0.717, 1.165) is 34.1 Å². The van der Waals surface area contributed by atoms with Crippen molar-refractivity contribution in [3.05, 3.63) is 45.8 Å². The lowest BCUT2D eigenvalue weighted by atomic mass is 10.1. The summed E-state index contributed by atoms with van der Waals surface area (Å²) in [4.78, 5) is 57.8. The number of nitrogens with one attached hydrogen (secondary N) is 1. The highest BCUT2D eigenvalue weighted by atomic mass is 31.2. The molecule has 0 bridgehead atoms. The number of nitrogens with zero attached hydrogens (tertiary/aromatic N) is 6. The third-order valence-electron chi connectivity index (χ3n) is 7.14. The molecule has 262 valence electrons. The number of hydrogen-bond acceptors (Lipinski definition) is 17. The summed E-state index contributed by atoms with van der Waals surface area (Å²) in [5.74, 6) is -0.0445. The van der Waals surface area contributed by atoms with Crippen LogP contribution in [0.5, 0.6) is 0 Å². The van der Waals surface area contributed by atoms with Crippen LogP contribution in [0.15, 0.2) is 34.5 Å². The molecule has 5 rings (SSSR count). The first-order valence-electron chi connectivity index (χ1n) is 13.9. The van der Waals surface area contributed by atoms with Crippen LogP contribution in [-0.4, -0.2) is 106 Å². The van der Waals surface area contributed by atoms with Gasteiger partial charge in [0.1, 0.15) is 42.4 Å². The van der Waals surface area contributed by atoms with Gasteiger partial charge >= 0.3 is 21.3 Å². The van der Waals surface area contributed by atoms with Gasteiger partial charge in [0.2, 0.25) is 0 Å². The zero-order chi connectivity index (χ0) is 34.8. The van der Waals surface area contributed by atoms with Gasteiger partial charge < -0.3 is 35.2 Å². The van der Waals surface area contributed by atoms with Gasteiger partial charge in [-0.15, -0.1) is 0 Å². The molecule has 2 aliphatic heterocycles. The Kier molecular flexibility index (Phi) is 10.9. The monoisotopic (exact) mass is 722 g/mol. The summed E-state index contributed by atoms with van der Waals surface area (Å²) in [6.07, 6.45) is -10.9. The maximum Gasteiger partial charge on any atom is 0.472 e. The lowest BCUT2D eigenvalue weighted by molar-refractivity contribution is -0.0610. The van der Waals surface area contributed by atoms with E-state index in [1.54, 1.807) is 0 Å². The van der Waals surface area contributed by atoms with Crippen LogP contribution in [0.2, 0.25) is 0 Å². The van der Waals surface area contributed by atoms with Crippen molar-refractivity contribution < 1.29 is 61.1 Å². The first-order chi connectivity index (χ1) is 22.7. The van der Waals surface area contributed by atoms with Crippen molar-refractivity contribution in [3.63, 3.8) is 0 Å². The van der Waals surface area contributed by atoms with Crippen molar-refractivity contribution in [2.45, 2.75) is 62.0 Å². The van der Waals surface area contributed by atoms with Gasteiger partial charge in [0.25, 0.3) is 5.56 Å². The van der Waals surface area contributed by atoms with Crippen LogP contribution in [0.25, 0.3) is 11.2 Å². The SMILES string of the molecule is N#CCCCOP(=O)(O)OC[C@H]1O[C@@H](n2cnc3c(N)ncnc32)C(F)C1OP(=O)(O)OC[C@H]1O[C@@H](n2ccc(=O)[nH]c2=O)C(O)C1O. The maximum atomic E-state index is 16.0. The number of phosphoric ester groups is 2. The fraction of sp³-hybridized carbons (Fsp3) is 0.565. The number of fused-ring (bicyclic) bond motifs is 1. The molecule has 6 unspecified atom stereocenters. The Balaban J connectivity index is 1.30. The predicted octanol–water partition coefficient (Wildman–Crippen LogP) is -1.25. The largest absolute Gasteiger partial charge is 0.472 e. The molecule has 3 aromatic rings. The highest BCUT2D eigenvalue weighted by Gasteiger charge is 2.52. The molecule has 2 saturated heterocycles. The number of nitriles is 1. The average molecular weight is 722 g/mol. The smallest absolute Gasteiger partial charge is 0.387 e. The molecule has 7 N–H and O–H groups in total. The number of H-pyrrole nitrogens is 1. The van der Waals surface area contributed by atoms with Crippen molar-refractivity contribution in [2.75, 3.05) is 25.6 Å². The molecule has 0 radical (unpaired) electrons. The van der Waals surface area contributed by atoms with Gasteiger partial charge in [-0.25, -0.2) is 33.3 Å². The molecular formula is C23H29FN8O14P2. The molecule has 5 heterocycles. The standard InChI is InChI=1S/C23H29FN8O14P2/c24-14-18(46-48(39,40)43-7-11-16(34)17(35)22(44-11)31-5-3-13(33)30-23(31)36)12(8-42-47(37,38)41-6-2-1-4-25)45-21(14)32-10-29-15-19(26)27-9-28-20(15)32/h3,5,9-12,14,16-18,21-22,34-35H,1-2,6-8H2,(H,37,38)(H,39,40)(H2,26,27,28)(H,30,33,36)/t11-,12-,14?,16?,17?,18?,21-,22-/m1/s1. The zero-order valence-electron chi connectivity index (χ0n) is 24.4. The number of aromatic amines is 1. The molecule has 48 heavy (non-hydrogen) atoms. The van der Waals surface area contributed by atoms with Crippen LogP contribution in [0, 0.1) is 11.3 Å². The summed E-state index contributed by atoms with van der Waals surface area (Å²) in [5.41, 5.74) is 4.17. The molecule has 10 atom stereocenters. The van der Waals surface area contributed by atoms with Crippen LogP contribution in [0.4, 0.5) is 10.2 Å². The third-order valence-corrected chi connectivity index (χ3v) is 9.11. The number of halogens is 1. The van der Waals surface area contributed by atoms with Gasteiger partial charge in [-0.05, 0) is 6.42 Å². The van der Waals surface area contributed by atoms with E-state index < -0.39 is 89.3 Å². The summed E-state index contributed by atoms with van der Waals surface area (Å²) in [5, 5.41) is 29.4. The minimum absolute atomic E-state index is 0.00892. The minimum Gasteiger partial charge on any atom is -0.387 e. The molecule has 0 amide bonds. The molecule has 0 aliphatic carbocycles. The Morgan fingerprint density at radius 3 is 2.46 bits per heavy atom. The fourth-order valence-corrected chi connectivity index (χ4v) is 6.57. The highest BCUT2D eigenvalue weighted by molar-refractivity contribution is 7.47. The summed E-state index contributed by atoms with van der Waals surface area (Å²) < 4.78 is 74.1. The molecule has 0 aromatic carbocycles. The molecule has 0 spiro atoms. The number of nitrogens with two attached hydrogens (primary N) is 1. The van der Waals surface area contributed by atoms with Crippen molar-refractivity contribution in [1.29, 1.82) is 5.26 Å². The Bertz CT molecular complexity index is 1870. The first kappa shape index (κ1) is 35.8. The van der Waals surface area contributed by atoms with E-state index in [4.69, 9.17) is 38.6 Å². The van der Waals surface area contributed by atoms with Crippen LogP contribution >= 0.6 is 15.6 Å². The molecule has 2 aliphatic rings. The second-order valence-electron chi connectivity index (χ2n) is 10.3. The quantitative estimate of drug-likeness (QED) is 0.0836. The molecular weight excluding hydrogens is 693 g/mol. The van der Waals surface area contributed by atoms with Crippen molar-refractivity contribution in [3.8, 4) is 6.07 Å². The fourth-order valence-electron chi connectivity index (χ4n) is 4.85. The molecule has 2 fully saturated rings. The summed E-state index contributed by atoms with van der Waals surface area (Å²) in [7, 11) is -10.1. The summed E-state index contributed by atoms with van der Waals surface area (Å²) in [6, 6.07) is 2.78. The minimum atomic E-state index is -5.30. The number of rotatable bonds is 14. The van der Waals surface area contributed by atoms with Crippen molar-refractivity contribution >= 4 is 32.6 Å². The molecule has 3 aromatic heterocycles. The van der Waals surface area contributed by atoms with Crippen LogP contribution in [0.1, 0.15) is 25.3 Å². The zero-order valence-corrected chi connectivity index (χ0v) is 26.2. The van der Waals surface area contributed by atoms with E-state index >= 15 is 4.39 Å². The lowest BCUT2D eigenvalue weighted by Crippen LogP contribution is -2.37. The highest BCUT2D eigenvalue weighted by Crippen LogP contribution is 2.51. The Morgan fingerprint density at radius 1 is 1.02 bits per heavy atom. The number of unbranched alkanes of at least 4 members (excludes halogenated alkanes) is 1. The van der Waals surface area contributed by atoms with Gasteiger partial charge in [-0.2, -0.15) is 5.26 Å². The van der Waals surface area contributed by atoms with Crippen molar-refractivity contribution in [1.82, 2.24) is 29.1 Å². The predicted molar refractivity (Wildman–Crippen MR) is 153 cm³/mol. The van der Waals surface area contributed by atoms with E-state index in [9.17, 15) is 38.7 Å². The maximum absolute atomic E-state index is 16.0. The first-order valence-corrected chi connectivity index (χ1v) is 16.9. The van der Waals surface area contributed by atoms with Gasteiger partial charge in [0.15, 0.2) is 30.1 Å². The molecule has 22 nitrogen and oxygen atoms in total. The van der Waals surface area contributed by atoms with E-state index in [2.05, 4.69) is 15.0 Å². The molecule has 0 saturated carbocycles. The van der Waals surface area contributed by atoms with E-state index in [0.29, 0.717) is 0 Å². The average Bonchev–Trinajstić information content (AvgIpc) is 3.68. The Hall–Kier alpha value is -3.49. The number of aliphatic hydroxyl groups excluding tert-OH is 2. The number of hydrogen-bond donors (Lipinski definition) is 6. The number of ether oxygens (including phenoxy) is 2. The number of anilines is 1. The Morgan fingerprint density at radius 2 is 1.73 bits per heavy atom. The van der Waals surface area contributed by atoms with Crippen molar-refractivity contribution in [2.24, 2.45) is 0 Å². The number of phosphoric acid groups is 2. The third kappa shape index (κ3) is 7.86. The topological polar surface area (TPSA) is 319 Å². The number of imidazole rings is 1. The van der Waals surface area contributed by atoms with Gasteiger partial charge in [0, 0.05) is 18.7 Å². The number of aliphatic hydroxyl groups is 2. The summed E-state index contributed by atoms with van der Waals surface area (Å²) in [6.45, 7) is -2.17. The summed E-state index contributed by atoms with van der Waals surface area (Å²) >= 11 is 0. The molecule has 25 heteroatoms. The van der Waals surface area contributed by atoms with Crippen LogP contribution in [0.3, 0.4) is 0 Å². The van der Waals surface area contributed by atoms with E-state index in [1.165, 1.54) is 0 Å². The lowest BCUT2D eigenvalue weighted by Gasteiger charge is -2.24. The normalized spacial score (nSPS) is 29.8. The number of nitrogen functional groups attached to an aromatic ring is 1. The second-order valence-corrected chi connectivity index (χ2v) is 13.2. The van der Waals surface area contributed by atoms with Crippen LogP contribution < -0.4 is 17.0 Å². The van der Waals surface area contributed by atoms with Gasteiger partial charge in [0.05, 0.1) is 32.2 Å². The Labute approximate surface area is 267 Å². The van der Waals surface area contributed by atoms with Gasteiger partial charge in [-0.3, -0.25) is 37.0 Å². The van der Waals surface area contributed by atoms with Gasteiger partial charge in [-0.1, -0.05) is 0 Å². The van der Waals surface area contributed by atoms with Crippen LogP contribution in [-0.2, 0) is 36.7 Å². The number of aromatic nitrogens is 6. The van der Waals surface area contributed by atoms with E-state index in [1.807, 2.05) is 11.1 Å². The van der Waals surface area contributed by atoms with E-state index in [-0.39, 0.29) is 36.4 Å².